The van der Waals surface area contributed by atoms with E-state index in [1.54, 1.807) is 24.9 Å². The van der Waals surface area contributed by atoms with Gasteiger partial charge in [-0.3, -0.25) is 4.79 Å². The summed E-state index contributed by atoms with van der Waals surface area (Å²) in [6.45, 7) is 4.80. The van der Waals surface area contributed by atoms with Crippen molar-refractivity contribution in [2.75, 3.05) is 33.2 Å². The van der Waals surface area contributed by atoms with E-state index in [4.69, 9.17) is 4.42 Å². The molecular formula is C21H26F3N3O2. The Morgan fingerprint density at radius 2 is 2.17 bits per heavy atom. The van der Waals surface area contributed by atoms with Gasteiger partial charge in [0, 0.05) is 26.7 Å². The molecule has 2 heterocycles. The van der Waals surface area contributed by atoms with Crippen LogP contribution >= 0.6 is 0 Å². The summed E-state index contributed by atoms with van der Waals surface area (Å²) in [5.41, 5.74) is 0.664. The second kappa shape index (κ2) is 8.98. The third-order valence-corrected chi connectivity index (χ3v) is 5.39. The zero-order chi connectivity index (χ0) is 21.0. The number of aryl methyl sites for hydroxylation is 1. The van der Waals surface area contributed by atoms with Crippen LogP contribution in [-0.2, 0) is 12.6 Å². The normalized spacial score (nSPS) is 18.0. The average molecular weight is 409 g/mol. The number of carbonyl (C=O) groups excluding carboxylic acids is 1. The summed E-state index contributed by atoms with van der Waals surface area (Å²) in [6, 6.07) is 5.53. The van der Waals surface area contributed by atoms with Crippen molar-refractivity contribution in [2.45, 2.75) is 32.4 Å². The van der Waals surface area contributed by atoms with Crippen molar-refractivity contribution in [1.29, 1.82) is 0 Å². The first-order valence-electron chi connectivity index (χ1n) is 9.78. The zero-order valence-corrected chi connectivity index (χ0v) is 16.7. The molecule has 0 radical (unpaired) electrons. The van der Waals surface area contributed by atoms with Gasteiger partial charge in [0.25, 0.3) is 5.91 Å². The molecule has 1 aliphatic heterocycles. The topological polar surface area (TPSA) is 49.6 Å². The Hall–Kier alpha value is -2.35. The molecule has 158 valence electrons. The SMILES string of the molecule is Cc1ncoc1C(=O)N(C)C[C@H]1CCCN(CCc2cccc(C(F)(F)F)c2)C1. The van der Waals surface area contributed by atoms with Crippen LogP contribution in [0.15, 0.2) is 35.1 Å². The highest BCUT2D eigenvalue weighted by molar-refractivity contribution is 5.92. The molecule has 0 spiro atoms. The maximum atomic E-state index is 12.9. The average Bonchev–Trinajstić information content (AvgIpc) is 3.11. The summed E-state index contributed by atoms with van der Waals surface area (Å²) >= 11 is 0. The number of aromatic nitrogens is 1. The molecule has 1 amide bonds. The fraction of sp³-hybridized carbons (Fsp3) is 0.524. The summed E-state index contributed by atoms with van der Waals surface area (Å²) < 4.78 is 43.8. The van der Waals surface area contributed by atoms with Gasteiger partial charge >= 0.3 is 6.18 Å². The molecule has 1 saturated heterocycles. The Labute approximate surface area is 168 Å². The van der Waals surface area contributed by atoms with Crippen LogP contribution in [0.2, 0.25) is 0 Å². The van der Waals surface area contributed by atoms with E-state index in [-0.39, 0.29) is 11.7 Å². The predicted molar refractivity (Wildman–Crippen MR) is 103 cm³/mol. The molecule has 0 unspecified atom stereocenters. The van der Waals surface area contributed by atoms with Crippen molar-refractivity contribution in [3.63, 3.8) is 0 Å². The zero-order valence-electron chi connectivity index (χ0n) is 16.7. The Kier molecular flexibility index (Phi) is 6.62. The maximum Gasteiger partial charge on any atom is 0.416 e. The van der Waals surface area contributed by atoms with Gasteiger partial charge in [-0.05, 0) is 50.3 Å². The Bertz CT molecular complexity index is 835. The number of nitrogens with zero attached hydrogens (tertiary/aromatic N) is 3. The van der Waals surface area contributed by atoms with Crippen LogP contribution < -0.4 is 0 Å². The van der Waals surface area contributed by atoms with Crippen LogP contribution in [0, 0.1) is 12.8 Å². The molecule has 1 aliphatic rings. The molecule has 3 rings (SSSR count). The van der Waals surface area contributed by atoms with E-state index in [1.807, 2.05) is 0 Å². The molecule has 2 aromatic rings. The van der Waals surface area contributed by atoms with Crippen LogP contribution in [0.25, 0.3) is 0 Å². The molecule has 5 nitrogen and oxygen atoms in total. The first-order valence-corrected chi connectivity index (χ1v) is 9.78. The lowest BCUT2D eigenvalue weighted by Crippen LogP contribution is -2.42. The van der Waals surface area contributed by atoms with Gasteiger partial charge in [-0.2, -0.15) is 13.2 Å². The third kappa shape index (κ3) is 5.59. The standard InChI is InChI=1S/C21H26F3N3O2/c1-15-19(29-14-25-15)20(28)26(2)12-17-6-4-9-27(13-17)10-8-16-5-3-7-18(11-16)21(22,23)24/h3,5,7,11,14,17H,4,6,8-10,12-13H2,1-2H3/t17-/m1/s1. The minimum atomic E-state index is -4.31. The molecule has 1 aromatic carbocycles. The quantitative estimate of drug-likeness (QED) is 0.723. The van der Waals surface area contributed by atoms with Crippen molar-refractivity contribution >= 4 is 5.91 Å². The van der Waals surface area contributed by atoms with Crippen LogP contribution in [0.4, 0.5) is 13.2 Å². The highest BCUT2D eigenvalue weighted by atomic mass is 19.4. The lowest BCUT2D eigenvalue weighted by Gasteiger charge is -2.34. The smallest absolute Gasteiger partial charge is 0.416 e. The minimum absolute atomic E-state index is 0.180. The number of rotatable bonds is 6. The molecule has 1 fully saturated rings. The van der Waals surface area contributed by atoms with Crippen LogP contribution in [0.3, 0.4) is 0 Å². The van der Waals surface area contributed by atoms with E-state index in [2.05, 4.69) is 9.88 Å². The molecule has 0 saturated carbocycles. The van der Waals surface area contributed by atoms with Gasteiger partial charge < -0.3 is 14.2 Å². The van der Waals surface area contributed by atoms with Crippen LogP contribution in [-0.4, -0.2) is 53.9 Å². The molecule has 29 heavy (non-hydrogen) atoms. The number of carbonyl (C=O) groups is 1. The second-order valence-corrected chi connectivity index (χ2v) is 7.71. The Balaban J connectivity index is 1.52. The summed E-state index contributed by atoms with van der Waals surface area (Å²) in [5, 5.41) is 0. The Morgan fingerprint density at radius 3 is 2.86 bits per heavy atom. The number of likely N-dealkylation sites (tertiary alicyclic amines) is 1. The second-order valence-electron chi connectivity index (χ2n) is 7.71. The van der Waals surface area contributed by atoms with Gasteiger partial charge in [0.2, 0.25) is 5.76 Å². The fourth-order valence-corrected chi connectivity index (χ4v) is 3.84. The molecule has 0 bridgehead atoms. The molecule has 1 atom stereocenters. The molecular weight excluding hydrogens is 383 g/mol. The largest absolute Gasteiger partial charge is 0.438 e. The van der Waals surface area contributed by atoms with Gasteiger partial charge in [0.05, 0.1) is 11.3 Å². The number of oxazole rings is 1. The van der Waals surface area contributed by atoms with E-state index in [9.17, 15) is 18.0 Å². The van der Waals surface area contributed by atoms with E-state index in [1.165, 1.54) is 18.5 Å². The van der Waals surface area contributed by atoms with Gasteiger partial charge in [-0.1, -0.05) is 18.2 Å². The van der Waals surface area contributed by atoms with E-state index >= 15 is 0 Å². The predicted octanol–water partition coefficient (Wildman–Crippen LogP) is 4.03. The van der Waals surface area contributed by atoms with Crippen molar-refractivity contribution in [2.24, 2.45) is 5.92 Å². The van der Waals surface area contributed by atoms with Crippen molar-refractivity contribution < 1.29 is 22.4 Å². The first kappa shape index (κ1) is 21.4. The lowest BCUT2D eigenvalue weighted by molar-refractivity contribution is -0.137. The minimum Gasteiger partial charge on any atom is -0.438 e. The maximum absolute atomic E-state index is 12.9. The first-order chi connectivity index (χ1) is 13.7. The highest BCUT2D eigenvalue weighted by Crippen LogP contribution is 2.29. The number of hydrogen-bond acceptors (Lipinski definition) is 4. The molecule has 1 aromatic heterocycles. The fourth-order valence-electron chi connectivity index (χ4n) is 3.84. The number of amides is 1. The van der Waals surface area contributed by atoms with E-state index in [0.717, 1.165) is 32.0 Å². The Morgan fingerprint density at radius 1 is 1.38 bits per heavy atom. The molecule has 0 N–H and O–H groups in total. The van der Waals surface area contributed by atoms with Gasteiger partial charge in [0.15, 0.2) is 6.39 Å². The van der Waals surface area contributed by atoms with E-state index < -0.39 is 11.7 Å². The van der Waals surface area contributed by atoms with E-state index in [0.29, 0.717) is 36.7 Å². The molecule has 0 aliphatic carbocycles. The van der Waals surface area contributed by atoms with Gasteiger partial charge in [0.1, 0.15) is 0 Å². The number of benzene rings is 1. The van der Waals surface area contributed by atoms with Crippen molar-refractivity contribution in [1.82, 2.24) is 14.8 Å². The number of alkyl halides is 3. The van der Waals surface area contributed by atoms with Crippen LogP contribution in [0.5, 0.6) is 0 Å². The summed E-state index contributed by atoms with van der Waals surface area (Å²) in [6.07, 6.45) is -0.440. The number of halogens is 3. The van der Waals surface area contributed by atoms with Crippen LogP contribution in [0.1, 0.15) is 40.2 Å². The van der Waals surface area contributed by atoms with Gasteiger partial charge in [-0.15, -0.1) is 0 Å². The third-order valence-electron chi connectivity index (χ3n) is 5.39. The summed E-state index contributed by atoms with van der Waals surface area (Å²) in [5.74, 6) is 0.410. The van der Waals surface area contributed by atoms with Crippen molar-refractivity contribution in [3.8, 4) is 0 Å². The monoisotopic (exact) mass is 409 g/mol. The van der Waals surface area contributed by atoms with Crippen molar-refractivity contribution in [3.05, 3.63) is 53.2 Å². The molecule has 8 heteroatoms. The number of piperidine rings is 1. The lowest BCUT2D eigenvalue weighted by atomic mass is 9.97. The summed E-state index contributed by atoms with van der Waals surface area (Å²) in [4.78, 5) is 20.4. The highest BCUT2D eigenvalue weighted by Gasteiger charge is 2.30. The van der Waals surface area contributed by atoms with Gasteiger partial charge in [-0.25, -0.2) is 4.98 Å². The number of hydrogen-bond donors (Lipinski definition) is 0. The summed E-state index contributed by atoms with van der Waals surface area (Å²) in [7, 11) is 1.76.